The highest BCUT2D eigenvalue weighted by Gasteiger charge is 2.42. The Bertz CT molecular complexity index is 1040. The Morgan fingerprint density at radius 3 is 2.50 bits per heavy atom. The molecule has 0 bridgehead atoms. The quantitative estimate of drug-likeness (QED) is 0.728. The molecule has 1 spiro atoms. The zero-order valence-electron chi connectivity index (χ0n) is 17.0. The Morgan fingerprint density at radius 2 is 1.80 bits per heavy atom. The number of likely N-dealkylation sites (tertiary alicyclic amines) is 1. The van der Waals surface area contributed by atoms with Gasteiger partial charge in [-0.05, 0) is 49.2 Å². The van der Waals surface area contributed by atoms with Crippen molar-refractivity contribution in [3.05, 3.63) is 66.4 Å². The molecule has 1 N–H and O–H groups in total. The predicted molar refractivity (Wildman–Crippen MR) is 113 cm³/mol. The first-order chi connectivity index (χ1) is 14.7. The van der Waals surface area contributed by atoms with E-state index in [1.54, 1.807) is 31.6 Å². The number of amides is 1. The van der Waals surface area contributed by atoms with E-state index >= 15 is 0 Å². The monoisotopic (exact) mass is 403 g/mol. The van der Waals surface area contributed by atoms with Crippen molar-refractivity contribution in [2.75, 3.05) is 26.7 Å². The predicted octanol–water partition coefficient (Wildman–Crippen LogP) is 2.69. The number of methoxy groups -OCH3 is 1. The van der Waals surface area contributed by atoms with Gasteiger partial charge < -0.3 is 19.5 Å². The number of aromatic nitrogens is 3. The third kappa shape index (κ3) is 3.15. The highest BCUT2D eigenvalue weighted by Crippen LogP contribution is 2.37. The number of hydrogen-bond donors (Lipinski definition) is 1. The fraction of sp³-hybridized carbons (Fsp3) is 0.348. The van der Waals surface area contributed by atoms with Crippen molar-refractivity contribution < 1.29 is 9.53 Å². The van der Waals surface area contributed by atoms with Crippen LogP contribution in [0.3, 0.4) is 0 Å². The van der Waals surface area contributed by atoms with Crippen LogP contribution in [0, 0.1) is 0 Å². The summed E-state index contributed by atoms with van der Waals surface area (Å²) in [7, 11) is 1.68. The molecule has 30 heavy (non-hydrogen) atoms. The highest BCUT2D eigenvalue weighted by atomic mass is 16.5. The molecular formula is C23H25N5O2. The van der Waals surface area contributed by atoms with E-state index in [2.05, 4.69) is 27.0 Å². The van der Waals surface area contributed by atoms with E-state index in [0.717, 1.165) is 48.8 Å². The van der Waals surface area contributed by atoms with E-state index in [4.69, 9.17) is 9.72 Å². The molecule has 7 nitrogen and oxygen atoms in total. The van der Waals surface area contributed by atoms with E-state index in [9.17, 15) is 4.79 Å². The Kier molecular flexibility index (Phi) is 4.75. The lowest BCUT2D eigenvalue weighted by molar-refractivity contribution is 0.0607. The molecule has 1 saturated heterocycles. The number of carbonyl (C=O) groups is 1. The molecule has 154 valence electrons. The normalized spacial score (nSPS) is 17.6. The van der Waals surface area contributed by atoms with Crippen LogP contribution in [0.25, 0.3) is 11.3 Å². The van der Waals surface area contributed by atoms with Crippen LogP contribution >= 0.6 is 0 Å². The van der Waals surface area contributed by atoms with E-state index in [1.807, 2.05) is 23.2 Å². The summed E-state index contributed by atoms with van der Waals surface area (Å²) in [4.78, 5) is 23.6. The average molecular weight is 403 g/mol. The SMILES string of the molecule is COc1ccc(-c2cnc3n2CCNC32CCN(C(=O)c3ccncc3)CC2)cc1. The Labute approximate surface area is 175 Å². The Morgan fingerprint density at radius 1 is 1.07 bits per heavy atom. The second kappa shape index (κ2) is 7.57. The smallest absolute Gasteiger partial charge is 0.253 e. The zero-order chi connectivity index (χ0) is 20.6. The van der Waals surface area contributed by atoms with Gasteiger partial charge in [0, 0.05) is 49.7 Å². The van der Waals surface area contributed by atoms with Crippen molar-refractivity contribution in [1.29, 1.82) is 0 Å². The van der Waals surface area contributed by atoms with Gasteiger partial charge in [-0.3, -0.25) is 9.78 Å². The summed E-state index contributed by atoms with van der Waals surface area (Å²) in [5.74, 6) is 2.00. The molecule has 4 heterocycles. The van der Waals surface area contributed by atoms with Gasteiger partial charge >= 0.3 is 0 Å². The molecule has 0 saturated carbocycles. The molecule has 0 radical (unpaired) electrons. The number of ether oxygens (including phenoxy) is 1. The molecule has 5 rings (SSSR count). The molecule has 0 atom stereocenters. The zero-order valence-corrected chi connectivity index (χ0v) is 17.0. The van der Waals surface area contributed by atoms with Crippen molar-refractivity contribution in [2.45, 2.75) is 24.9 Å². The van der Waals surface area contributed by atoms with Crippen LogP contribution in [0.2, 0.25) is 0 Å². The van der Waals surface area contributed by atoms with E-state index in [1.165, 1.54) is 0 Å². The lowest BCUT2D eigenvalue weighted by Crippen LogP contribution is -2.56. The number of hydrogen-bond acceptors (Lipinski definition) is 5. The first-order valence-electron chi connectivity index (χ1n) is 10.3. The molecule has 3 aromatic rings. The lowest BCUT2D eigenvalue weighted by Gasteiger charge is -2.44. The minimum atomic E-state index is -0.183. The number of nitrogens with zero attached hydrogens (tertiary/aromatic N) is 4. The largest absolute Gasteiger partial charge is 0.497 e. The lowest BCUT2D eigenvalue weighted by atomic mass is 9.85. The van der Waals surface area contributed by atoms with Crippen LogP contribution < -0.4 is 10.1 Å². The summed E-state index contributed by atoms with van der Waals surface area (Å²) in [5.41, 5.74) is 2.78. The summed E-state index contributed by atoms with van der Waals surface area (Å²) in [6.07, 6.45) is 7.00. The van der Waals surface area contributed by atoms with Gasteiger partial charge in [0.05, 0.1) is 24.5 Å². The number of pyridine rings is 1. The number of benzene rings is 1. The van der Waals surface area contributed by atoms with E-state index in [0.29, 0.717) is 18.7 Å². The minimum Gasteiger partial charge on any atom is -0.497 e. The number of carbonyl (C=O) groups excluding carboxylic acids is 1. The molecule has 2 aliphatic rings. The standard InChI is InChI=1S/C23H25N5O2/c1-30-19-4-2-17(3-5-19)20-16-25-22-23(26-12-15-28(20)22)8-13-27(14-9-23)21(29)18-6-10-24-11-7-18/h2-7,10-11,16,26H,8-9,12-15H2,1H3. The summed E-state index contributed by atoms with van der Waals surface area (Å²) in [5, 5.41) is 3.72. The molecule has 7 heteroatoms. The maximum absolute atomic E-state index is 12.8. The first kappa shape index (κ1) is 18.8. The maximum atomic E-state index is 12.8. The summed E-state index contributed by atoms with van der Waals surface area (Å²) in [6, 6.07) is 11.7. The number of fused-ring (bicyclic) bond motifs is 2. The minimum absolute atomic E-state index is 0.0744. The molecule has 2 aromatic heterocycles. The number of nitrogens with one attached hydrogen (secondary N) is 1. The molecule has 2 aliphatic heterocycles. The third-order valence-corrected chi connectivity index (χ3v) is 6.30. The third-order valence-electron chi connectivity index (χ3n) is 6.30. The van der Waals surface area contributed by atoms with Crippen molar-refractivity contribution in [2.24, 2.45) is 0 Å². The second-order valence-electron chi connectivity index (χ2n) is 7.88. The molecular weight excluding hydrogens is 378 g/mol. The Hall–Kier alpha value is -3.19. The topological polar surface area (TPSA) is 72.3 Å². The van der Waals surface area contributed by atoms with Crippen LogP contribution in [0.1, 0.15) is 29.0 Å². The van der Waals surface area contributed by atoms with Gasteiger partial charge in [-0.2, -0.15) is 0 Å². The molecule has 1 amide bonds. The van der Waals surface area contributed by atoms with Gasteiger partial charge in [-0.25, -0.2) is 4.98 Å². The highest BCUT2D eigenvalue weighted by molar-refractivity contribution is 5.94. The first-order valence-corrected chi connectivity index (χ1v) is 10.3. The molecule has 1 fully saturated rings. The molecule has 0 unspecified atom stereocenters. The summed E-state index contributed by atoms with van der Waals surface area (Å²) >= 11 is 0. The van der Waals surface area contributed by atoms with E-state index in [-0.39, 0.29) is 11.4 Å². The van der Waals surface area contributed by atoms with Crippen LogP contribution in [0.4, 0.5) is 0 Å². The van der Waals surface area contributed by atoms with Crippen molar-refractivity contribution in [3.63, 3.8) is 0 Å². The molecule has 0 aliphatic carbocycles. The van der Waals surface area contributed by atoms with Crippen molar-refractivity contribution >= 4 is 5.91 Å². The van der Waals surface area contributed by atoms with Gasteiger partial charge in [-0.15, -0.1) is 0 Å². The van der Waals surface area contributed by atoms with Gasteiger partial charge in [0.1, 0.15) is 11.6 Å². The fourth-order valence-electron chi connectivity index (χ4n) is 4.63. The van der Waals surface area contributed by atoms with Crippen LogP contribution in [-0.4, -0.2) is 52.1 Å². The molecule has 1 aromatic carbocycles. The van der Waals surface area contributed by atoms with Crippen LogP contribution in [0.15, 0.2) is 55.0 Å². The van der Waals surface area contributed by atoms with Gasteiger partial charge in [0.15, 0.2) is 0 Å². The summed E-state index contributed by atoms with van der Waals surface area (Å²) < 4.78 is 7.61. The van der Waals surface area contributed by atoms with Crippen LogP contribution in [-0.2, 0) is 12.1 Å². The number of imidazole rings is 1. The average Bonchev–Trinajstić information content (AvgIpc) is 3.26. The summed E-state index contributed by atoms with van der Waals surface area (Å²) in [6.45, 7) is 3.20. The second-order valence-corrected chi connectivity index (χ2v) is 7.88. The Balaban J connectivity index is 1.38. The number of rotatable bonds is 3. The van der Waals surface area contributed by atoms with E-state index < -0.39 is 0 Å². The van der Waals surface area contributed by atoms with Gasteiger partial charge in [0.25, 0.3) is 5.91 Å². The maximum Gasteiger partial charge on any atom is 0.253 e. The van der Waals surface area contributed by atoms with Gasteiger partial charge in [-0.1, -0.05) is 0 Å². The number of piperidine rings is 1. The van der Waals surface area contributed by atoms with Crippen molar-refractivity contribution in [1.82, 2.24) is 24.8 Å². The fourth-order valence-corrected chi connectivity index (χ4v) is 4.63. The van der Waals surface area contributed by atoms with Gasteiger partial charge in [0.2, 0.25) is 0 Å². The van der Waals surface area contributed by atoms with Crippen molar-refractivity contribution in [3.8, 4) is 17.0 Å². The van der Waals surface area contributed by atoms with Crippen LogP contribution in [0.5, 0.6) is 5.75 Å².